The molecule has 0 aliphatic rings. The molecular weight excluding hydrogens is 454 g/mol. The number of aryl methyl sites for hydroxylation is 1. The second-order valence-corrected chi connectivity index (χ2v) is 10.9. The van der Waals surface area contributed by atoms with E-state index in [-0.39, 0.29) is 18.3 Å². The average molecular weight is 476 g/mol. The van der Waals surface area contributed by atoms with Gasteiger partial charge in [-0.1, -0.05) is 6.92 Å². The van der Waals surface area contributed by atoms with Gasteiger partial charge in [0.15, 0.2) is 6.61 Å². The molecule has 0 aliphatic carbocycles. The van der Waals surface area contributed by atoms with Crippen molar-refractivity contribution in [2.75, 3.05) is 22.4 Å². The van der Waals surface area contributed by atoms with E-state index in [2.05, 4.69) is 15.0 Å². The highest BCUT2D eigenvalue weighted by Crippen LogP contribution is 2.38. The molecular formula is C21H21N3O4S3. The van der Waals surface area contributed by atoms with Crippen LogP contribution in [0, 0.1) is 6.92 Å². The van der Waals surface area contributed by atoms with E-state index < -0.39 is 10.0 Å². The van der Waals surface area contributed by atoms with Crippen LogP contribution in [-0.4, -0.2) is 31.7 Å². The number of thiazole rings is 1. The number of anilines is 2. The van der Waals surface area contributed by atoms with E-state index in [0.29, 0.717) is 23.5 Å². The van der Waals surface area contributed by atoms with Gasteiger partial charge < -0.3 is 10.1 Å². The van der Waals surface area contributed by atoms with Gasteiger partial charge in [0.25, 0.3) is 5.91 Å². The minimum absolute atomic E-state index is 0.0626. The van der Waals surface area contributed by atoms with Gasteiger partial charge in [-0.3, -0.25) is 9.52 Å². The number of carbonyl (C=O) groups is 1. The van der Waals surface area contributed by atoms with E-state index in [1.165, 1.54) is 0 Å². The number of amides is 1. The lowest BCUT2D eigenvalue weighted by molar-refractivity contribution is -0.118. The van der Waals surface area contributed by atoms with E-state index in [4.69, 9.17) is 4.74 Å². The number of hydrogen-bond donors (Lipinski definition) is 2. The lowest BCUT2D eigenvalue weighted by Crippen LogP contribution is -2.20. The van der Waals surface area contributed by atoms with Gasteiger partial charge in [0.2, 0.25) is 10.0 Å². The fraction of sp³-hybridized carbons (Fsp3) is 0.238. The smallest absolute Gasteiger partial charge is 0.262 e. The van der Waals surface area contributed by atoms with Crippen LogP contribution >= 0.6 is 22.7 Å². The number of ether oxygens (including phenoxy) is 1. The molecule has 0 aliphatic heterocycles. The van der Waals surface area contributed by atoms with Gasteiger partial charge in [-0.15, -0.1) is 22.7 Å². The highest BCUT2D eigenvalue weighted by atomic mass is 32.2. The first-order valence-electron chi connectivity index (χ1n) is 9.65. The quantitative estimate of drug-likeness (QED) is 0.374. The van der Waals surface area contributed by atoms with Crippen molar-refractivity contribution >= 4 is 70.3 Å². The highest BCUT2D eigenvalue weighted by molar-refractivity contribution is 7.92. The molecule has 0 spiro atoms. The number of rotatable bonds is 8. The van der Waals surface area contributed by atoms with Crippen LogP contribution in [0.1, 0.15) is 18.4 Å². The molecule has 2 N–H and O–H groups in total. The molecule has 162 valence electrons. The Morgan fingerprint density at radius 2 is 1.90 bits per heavy atom. The summed E-state index contributed by atoms with van der Waals surface area (Å²) in [6.45, 7) is 3.64. The number of nitrogens with one attached hydrogen (secondary N) is 2. The van der Waals surface area contributed by atoms with Gasteiger partial charge in [-0.05, 0) is 49.1 Å². The van der Waals surface area contributed by atoms with E-state index in [9.17, 15) is 13.2 Å². The molecule has 0 radical (unpaired) electrons. The van der Waals surface area contributed by atoms with Crippen LogP contribution in [0.25, 0.3) is 20.3 Å². The van der Waals surface area contributed by atoms with Crippen LogP contribution < -0.4 is 14.8 Å². The van der Waals surface area contributed by atoms with E-state index in [1.807, 2.05) is 24.4 Å². The molecule has 4 rings (SSSR count). The molecule has 0 bridgehead atoms. The highest BCUT2D eigenvalue weighted by Gasteiger charge is 2.14. The van der Waals surface area contributed by atoms with E-state index >= 15 is 0 Å². The third-order valence-electron chi connectivity index (χ3n) is 4.44. The summed E-state index contributed by atoms with van der Waals surface area (Å²) >= 11 is 3.20. The van der Waals surface area contributed by atoms with Crippen molar-refractivity contribution in [3.05, 3.63) is 46.8 Å². The molecule has 0 saturated heterocycles. The number of sulfonamides is 1. The second kappa shape index (κ2) is 8.81. The van der Waals surface area contributed by atoms with Crippen molar-refractivity contribution in [1.82, 2.24) is 4.98 Å². The predicted molar refractivity (Wildman–Crippen MR) is 128 cm³/mol. The van der Waals surface area contributed by atoms with Crippen molar-refractivity contribution in [1.29, 1.82) is 0 Å². The third kappa shape index (κ3) is 4.97. The molecule has 7 nitrogen and oxygen atoms in total. The first-order valence-corrected chi connectivity index (χ1v) is 13.0. The predicted octanol–water partition coefficient (Wildman–Crippen LogP) is 4.99. The van der Waals surface area contributed by atoms with E-state index in [1.54, 1.807) is 53.9 Å². The number of fused-ring (bicyclic) bond motifs is 3. The van der Waals surface area contributed by atoms with Gasteiger partial charge in [0.05, 0.1) is 25.7 Å². The molecule has 0 atom stereocenters. The zero-order valence-electron chi connectivity index (χ0n) is 17.0. The number of hydrogen-bond acceptors (Lipinski definition) is 7. The maximum atomic E-state index is 12.4. The van der Waals surface area contributed by atoms with Crippen LogP contribution in [0.4, 0.5) is 11.4 Å². The molecule has 4 aromatic rings. The molecule has 2 heterocycles. The summed E-state index contributed by atoms with van der Waals surface area (Å²) in [5.41, 5.74) is 1.98. The van der Waals surface area contributed by atoms with Crippen LogP contribution in [0.3, 0.4) is 0 Å². The summed E-state index contributed by atoms with van der Waals surface area (Å²) in [5, 5.41) is 6.68. The molecule has 0 unspecified atom stereocenters. The maximum absolute atomic E-state index is 12.4. The standard InChI is InChI=1S/C21H21N3O4S3/c1-3-10-31(26,27)24-15-6-4-14(5-7-15)23-19(25)12-28-17-11-18-20(22-13(2)30-18)21-16(17)8-9-29-21/h4-9,11,24H,3,10,12H2,1-2H3,(H,23,25). The van der Waals surface area contributed by atoms with Crippen LogP contribution in [0.5, 0.6) is 5.75 Å². The van der Waals surface area contributed by atoms with Gasteiger partial charge in [0, 0.05) is 22.8 Å². The molecule has 10 heteroatoms. The summed E-state index contributed by atoms with van der Waals surface area (Å²) in [6.07, 6.45) is 0.538. The van der Waals surface area contributed by atoms with Crippen LogP contribution in [-0.2, 0) is 14.8 Å². The Balaban J connectivity index is 1.41. The van der Waals surface area contributed by atoms with Gasteiger partial charge in [0.1, 0.15) is 5.75 Å². The second-order valence-electron chi connectivity index (χ2n) is 6.95. The van der Waals surface area contributed by atoms with Gasteiger partial charge >= 0.3 is 0 Å². The lowest BCUT2D eigenvalue weighted by Gasteiger charge is -2.10. The monoisotopic (exact) mass is 475 g/mol. The molecule has 2 aromatic carbocycles. The molecule has 0 saturated carbocycles. The summed E-state index contributed by atoms with van der Waals surface area (Å²) in [7, 11) is -3.35. The Kier molecular flexibility index (Phi) is 6.12. The number of aromatic nitrogens is 1. The van der Waals surface area contributed by atoms with Crippen LogP contribution in [0.2, 0.25) is 0 Å². The topological polar surface area (TPSA) is 97.4 Å². The van der Waals surface area contributed by atoms with Gasteiger partial charge in [-0.2, -0.15) is 0 Å². The summed E-state index contributed by atoms with van der Waals surface area (Å²) in [6, 6.07) is 10.4. The Hall–Kier alpha value is -2.69. The minimum atomic E-state index is -3.35. The number of nitrogens with zero attached hydrogens (tertiary/aromatic N) is 1. The SMILES string of the molecule is CCCS(=O)(=O)Nc1ccc(NC(=O)COc2cc3sc(C)nc3c3sccc23)cc1. The number of benzene rings is 2. The minimum Gasteiger partial charge on any atom is -0.483 e. The van der Waals surface area contributed by atoms with Gasteiger partial charge in [-0.25, -0.2) is 13.4 Å². The molecule has 1 amide bonds. The summed E-state index contributed by atoms with van der Waals surface area (Å²) in [4.78, 5) is 17.0. The lowest BCUT2D eigenvalue weighted by atomic mass is 10.2. The van der Waals surface area contributed by atoms with Crippen molar-refractivity contribution in [3.63, 3.8) is 0 Å². The maximum Gasteiger partial charge on any atom is 0.262 e. The fourth-order valence-corrected chi connectivity index (χ4v) is 6.14. The Morgan fingerprint density at radius 3 is 2.65 bits per heavy atom. The van der Waals surface area contributed by atoms with Crippen molar-refractivity contribution in [2.24, 2.45) is 0 Å². The Bertz CT molecular complexity index is 1340. The van der Waals surface area contributed by atoms with E-state index in [0.717, 1.165) is 25.3 Å². The van der Waals surface area contributed by atoms with Crippen LogP contribution in [0.15, 0.2) is 41.8 Å². The third-order valence-corrected chi connectivity index (χ3v) is 7.77. The van der Waals surface area contributed by atoms with Crippen molar-refractivity contribution < 1.29 is 17.9 Å². The summed E-state index contributed by atoms with van der Waals surface area (Å²) < 4.78 is 34.1. The zero-order chi connectivity index (χ0) is 22.0. The normalized spacial score (nSPS) is 11.7. The largest absolute Gasteiger partial charge is 0.483 e. The fourth-order valence-electron chi connectivity index (χ4n) is 3.17. The first-order chi connectivity index (χ1) is 14.8. The van der Waals surface area contributed by atoms with Crippen molar-refractivity contribution in [3.8, 4) is 5.75 Å². The zero-order valence-corrected chi connectivity index (χ0v) is 19.4. The number of carbonyl (C=O) groups excluding carboxylic acids is 1. The average Bonchev–Trinajstić information content (AvgIpc) is 3.33. The Morgan fingerprint density at radius 1 is 1.16 bits per heavy atom. The molecule has 0 fully saturated rings. The molecule has 31 heavy (non-hydrogen) atoms. The summed E-state index contributed by atoms with van der Waals surface area (Å²) in [5.74, 6) is 0.416. The first kappa shape index (κ1) is 21.5. The molecule has 2 aromatic heterocycles. The number of thiophene rings is 1. The Labute approximate surface area is 188 Å². The van der Waals surface area contributed by atoms with Crippen molar-refractivity contribution in [2.45, 2.75) is 20.3 Å².